The van der Waals surface area contributed by atoms with Crippen LogP contribution in [0.25, 0.3) is 6.08 Å². The molecule has 0 N–H and O–H groups in total. The van der Waals surface area contributed by atoms with Crippen LogP contribution in [0.2, 0.25) is 0 Å². The van der Waals surface area contributed by atoms with E-state index in [0.717, 1.165) is 12.2 Å². The third kappa shape index (κ3) is 3.54. The maximum atomic E-state index is 12.5. The summed E-state index contributed by atoms with van der Waals surface area (Å²) >= 11 is 0. The average Bonchev–Trinajstić information content (AvgIpc) is 2.78. The van der Waals surface area contributed by atoms with Crippen molar-refractivity contribution >= 4 is 17.6 Å². The zero-order chi connectivity index (χ0) is 13.8. The van der Waals surface area contributed by atoms with Crippen LogP contribution < -0.4 is 0 Å². The highest BCUT2D eigenvalue weighted by Crippen LogP contribution is 2.25. The van der Waals surface area contributed by atoms with Gasteiger partial charge in [0.05, 0.1) is 12.7 Å². The van der Waals surface area contributed by atoms with Gasteiger partial charge in [0.25, 0.3) is 0 Å². The van der Waals surface area contributed by atoms with Gasteiger partial charge in [-0.25, -0.2) is 8.78 Å². The van der Waals surface area contributed by atoms with Gasteiger partial charge in [-0.15, -0.1) is 0 Å². The van der Waals surface area contributed by atoms with Gasteiger partial charge >= 0.3 is 12.3 Å². The normalized spacial score (nSPS) is 12.3. The van der Waals surface area contributed by atoms with Gasteiger partial charge in [-0.3, -0.25) is 9.59 Å². The minimum atomic E-state index is -4.80. The van der Waals surface area contributed by atoms with E-state index >= 15 is 0 Å². The maximum absolute atomic E-state index is 12.5. The second-order valence-corrected chi connectivity index (χ2v) is 3.34. The highest BCUT2D eigenvalue weighted by Gasteiger charge is 2.48. The number of rotatable bonds is 6. The Hall–Kier alpha value is -1.92. The molecular weight excluding hydrogens is 256 g/mol. The van der Waals surface area contributed by atoms with Gasteiger partial charge < -0.3 is 4.42 Å². The van der Waals surface area contributed by atoms with E-state index in [1.807, 2.05) is 0 Å². The molecule has 1 aromatic rings. The Kier molecular flexibility index (Phi) is 4.41. The number of alkyl halides is 4. The third-order valence-electron chi connectivity index (χ3n) is 1.96. The molecule has 0 saturated carbocycles. The van der Waals surface area contributed by atoms with E-state index in [9.17, 15) is 27.2 Å². The van der Waals surface area contributed by atoms with Crippen LogP contribution >= 0.6 is 0 Å². The summed E-state index contributed by atoms with van der Waals surface area (Å²) in [7, 11) is 0. The summed E-state index contributed by atoms with van der Waals surface area (Å²) in [6.07, 6.45) is -2.12. The zero-order valence-corrected chi connectivity index (χ0v) is 8.91. The number of furan rings is 1. The Balaban J connectivity index is 2.58. The van der Waals surface area contributed by atoms with Gasteiger partial charge in [0, 0.05) is 0 Å². The minimum Gasteiger partial charge on any atom is -0.465 e. The van der Waals surface area contributed by atoms with Crippen LogP contribution in [0.4, 0.5) is 17.6 Å². The van der Waals surface area contributed by atoms with Crippen molar-refractivity contribution in [3.63, 3.8) is 0 Å². The molecule has 0 atom stereocenters. The zero-order valence-electron chi connectivity index (χ0n) is 8.91. The summed E-state index contributed by atoms with van der Waals surface area (Å²) in [5.74, 6) is -7.63. The molecule has 0 aliphatic carbocycles. The van der Waals surface area contributed by atoms with E-state index in [2.05, 4.69) is 0 Å². The van der Waals surface area contributed by atoms with Gasteiger partial charge in [0.2, 0.25) is 5.78 Å². The second kappa shape index (κ2) is 5.61. The van der Waals surface area contributed by atoms with Crippen LogP contribution in [0.15, 0.2) is 28.9 Å². The molecule has 7 heteroatoms. The first-order valence-electron chi connectivity index (χ1n) is 4.77. The molecule has 0 saturated heterocycles. The lowest BCUT2D eigenvalue weighted by Crippen LogP contribution is -2.37. The first-order valence-corrected chi connectivity index (χ1v) is 4.77. The molecular formula is C11H8F4O3. The van der Waals surface area contributed by atoms with Gasteiger partial charge in [-0.2, -0.15) is 8.78 Å². The van der Waals surface area contributed by atoms with Crippen LogP contribution in [0.1, 0.15) is 12.2 Å². The molecule has 0 radical (unpaired) electrons. The van der Waals surface area contributed by atoms with Crippen molar-refractivity contribution in [2.45, 2.75) is 18.8 Å². The number of allylic oxidation sites excluding steroid dienone is 1. The number of halogens is 4. The number of carbonyl (C=O) groups excluding carboxylic acids is 2. The number of hydrogen-bond acceptors (Lipinski definition) is 3. The fraction of sp³-hybridized carbons (Fsp3) is 0.273. The number of Topliss-reactive ketones (excluding diaryl/α,β-unsaturated/α-hetero) is 1. The Morgan fingerprint density at radius 3 is 2.56 bits per heavy atom. The Morgan fingerprint density at radius 2 is 2.06 bits per heavy atom. The highest BCUT2D eigenvalue weighted by molar-refractivity contribution is 6.08. The molecule has 0 bridgehead atoms. The van der Waals surface area contributed by atoms with E-state index < -0.39 is 30.3 Å². The average molecular weight is 264 g/mol. The van der Waals surface area contributed by atoms with Crippen LogP contribution in [-0.4, -0.2) is 23.9 Å². The standard InChI is InChI=1S/C11H8F4O3/c12-10(13)11(14,15)9(17)6-7(16)3-4-8-2-1-5-18-8/h1-5,10H,6H2. The lowest BCUT2D eigenvalue weighted by Gasteiger charge is -2.12. The fourth-order valence-corrected chi connectivity index (χ4v) is 1.02. The Bertz CT molecular complexity index is 449. The van der Waals surface area contributed by atoms with Crippen molar-refractivity contribution in [1.29, 1.82) is 0 Å². The summed E-state index contributed by atoms with van der Waals surface area (Å²) in [6, 6.07) is 3.01. The molecule has 1 heterocycles. The van der Waals surface area contributed by atoms with E-state index in [-0.39, 0.29) is 5.76 Å². The van der Waals surface area contributed by atoms with Gasteiger partial charge in [-0.05, 0) is 24.3 Å². The second-order valence-electron chi connectivity index (χ2n) is 3.34. The molecule has 0 aliphatic rings. The van der Waals surface area contributed by atoms with E-state index in [1.54, 1.807) is 0 Å². The van der Waals surface area contributed by atoms with Gasteiger partial charge in [0.1, 0.15) is 5.76 Å². The molecule has 0 fully saturated rings. The van der Waals surface area contributed by atoms with Crippen molar-refractivity contribution in [2.75, 3.05) is 0 Å². The number of carbonyl (C=O) groups is 2. The Labute approximate surface area is 99.1 Å². The third-order valence-corrected chi connectivity index (χ3v) is 1.96. The fourth-order valence-electron chi connectivity index (χ4n) is 1.02. The summed E-state index contributed by atoms with van der Waals surface area (Å²) in [5.41, 5.74) is 0. The Morgan fingerprint density at radius 1 is 1.39 bits per heavy atom. The van der Waals surface area contributed by atoms with Gasteiger partial charge in [-0.1, -0.05) is 0 Å². The summed E-state index contributed by atoms with van der Waals surface area (Å²) in [4.78, 5) is 21.9. The van der Waals surface area contributed by atoms with E-state index in [4.69, 9.17) is 4.42 Å². The van der Waals surface area contributed by atoms with E-state index in [0.29, 0.717) is 0 Å². The molecule has 0 spiro atoms. The molecule has 0 amide bonds. The largest absolute Gasteiger partial charge is 0.465 e. The summed E-state index contributed by atoms with van der Waals surface area (Å²) < 4.78 is 53.5. The van der Waals surface area contributed by atoms with Crippen molar-refractivity contribution < 1.29 is 31.6 Å². The van der Waals surface area contributed by atoms with Crippen LogP contribution in [0, 0.1) is 0 Å². The number of ketones is 2. The van der Waals surface area contributed by atoms with Crippen LogP contribution in [0.5, 0.6) is 0 Å². The first kappa shape index (κ1) is 14.1. The topological polar surface area (TPSA) is 47.3 Å². The van der Waals surface area contributed by atoms with Crippen molar-refractivity contribution in [2.24, 2.45) is 0 Å². The smallest absolute Gasteiger partial charge is 0.364 e. The molecule has 1 aromatic heterocycles. The minimum absolute atomic E-state index is 0.274. The summed E-state index contributed by atoms with van der Waals surface area (Å²) in [6.45, 7) is 0. The summed E-state index contributed by atoms with van der Waals surface area (Å²) in [5, 5.41) is 0. The maximum Gasteiger partial charge on any atom is 0.364 e. The van der Waals surface area contributed by atoms with Crippen LogP contribution in [0.3, 0.4) is 0 Å². The molecule has 18 heavy (non-hydrogen) atoms. The van der Waals surface area contributed by atoms with Crippen molar-refractivity contribution in [3.8, 4) is 0 Å². The molecule has 0 unspecified atom stereocenters. The van der Waals surface area contributed by atoms with Crippen molar-refractivity contribution in [3.05, 3.63) is 30.2 Å². The molecule has 0 aliphatic heterocycles. The van der Waals surface area contributed by atoms with Crippen LogP contribution in [-0.2, 0) is 9.59 Å². The molecule has 3 nitrogen and oxygen atoms in total. The lowest BCUT2D eigenvalue weighted by atomic mass is 10.1. The quantitative estimate of drug-likeness (QED) is 0.451. The first-order chi connectivity index (χ1) is 8.34. The lowest BCUT2D eigenvalue weighted by molar-refractivity contribution is -0.167. The SMILES string of the molecule is O=C(C=Cc1ccco1)CC(=O)C(F)(F)C(F)F. The molecule has 1 rings (SSSR count). The van der Waals surface area contributed by atoms with Crippen molar-refractivity contribution in [1.82, 2.24) is 0 Å². The molecule has 98 valence electrons. The van der Waals surface area contributed by atoms with Gasteiger partial charge in [0.15, 0.2) is 5.78 Å². The predicted octanol–water partition coefficient (Wildman–Crippen LogP) is 2.72. The molecule has 0 aromatic carbocycles. The highest BCUT2D eigenvalue weighted by atomic mass is 19.3. The monoisotopic (exact) mass is 264 g/mol. The van der Waals surface area contributed by atoms with E-state index in [1.165, 1.54) is 18.4 Å². The number of hydrogen-bond donors (Lipinski definition) is 0. The predicted molar refractivity (Wildman–Crippen MR) is 53.3 cm³/mol.